The molecule has 0 saturated carbocycles. The van der Waals surface area contributed by atoms with Crippen LogP contribution >= 0.6 is 23.5 Å². The van der Waals surface area contributed by atoms with E-state index in [1.54, 1.807) is 12.1 Å². The molecule has 2 N–H and O–H groups in total. The van der Waals surface area contributed by atoms with Crippen molar-refractivity contribution in [1.29, 1.82) is 10.5 Å². The second kappa shape index (κ2) is 4.80. The number of thioether (sulfide) groups is 2. The summed E-state index contributed by atoms with van der Waals surface area (Å²) in [5.74, 6) is 0. The second-order valence-corrected chi connectivity index (χ2v) is 4.20. The number of hydrogen-bond donors (Lipinski definition) is 1. The van der Waals surface area contributed by atoms with Gasteiger partial charge in [-0.3, -0.25) is 0 Å². The lowest BCUT2D eigenvalue weighted by Gasteiger charge is -2.05. The third-order valence-electron chi connectivity index (χ3n) is 1.62. The largest absolute Gasteiger partial charge is 0.398 e. The van der Waals surface area contributed by atoms with E-state index in [9.17, 15) is 0 Å². The standard InChI is InChI=1S/C9H7N3S2/c1-6-2-7(12)9(14-5-11)3-8(6)13-4-10/h2-3H,12H2,1H3. The van der Waals surface area contributed by atoms with E-state index in [0.717, 1.165) is 34.0 Å². The lowest BCUT2D eigenvalue weighted by Crippen LogP contribution is -1.90. The SMILES string of the molecule is Cc1cc(N)c(SC#N)cc1SC#N. The van der Waals surface area contributed by atoms with Crippen molar-refractivity contribution in [2.24, 2.45) is 0 Å². The van der Waals surface area contributed by atoms with Crippen LogP contribution in [0.5, 0.6) is 0 Å². The van der Waals surface area contributed by atoms with E-state index >= 15 is 0 Å². The van der Waals surface area contributed by atoms with Crippen LogP contribution in [-0.2, 0) is 0 Å². The molecule has 0 heterocycles. The van der Waals surface area contributed by atoms with Gasteiger partial charge in [-0.2, -0.15) is 10.5 Å². The predicted octanol–water partition coefficient (Wildman–Crippen LogP) is 2.72. The smallest absolute Gasteiger partial charge is 0.138 e. The van der Waals surface area contributed by atoms with E-state index in [1.807, 2.05) is 17.7 Å². The molecule has 70 valence electrons. The summed E-state index contributed by atoms with van der Waals surface area (Å²) in [6, 6.07) is 3.55. The summed E-state index contributed by atoms with van der Waals surface area (Å²) in [4.78, 5) is 1.55. The van der Waals surface area contributed by atoms with E-state index in [0.29, 0.717) is 10.6 Å². The number of nitrogen functional groups attached to an aromatic ring is 1. The molecule has 3 nitrogen and oxygen atoms in total. The maximum absolute atomic E-state index is 8.54. The van der Waals surface area contributed by atoms with Crippen molar-refractivity contribution in [3.63, 3.8) is 0 Å². The quantitative estimate of drug-likeness (QED) is 0.472. The van der Waals surface area contributed by atoms with Crippen molar-refractivity contribution < 1.29 is 0 Å². The Bertz CT molecular complexity index is 392. The summed E-state index contributed by atoms with van der Waals surface area (Å²) in [7, 11) is 0. The number of hydrogen-bond acceptors (Lipinski definition) is 5. The van der Waals surface area contributed by atoms with Crippen LogP contribution < -0.4 is 5.73 Å². The van der Waals surface area contributed by atoms with Gasteiger partial charge in [0.1, 0.15) is 10.8 Å². The lowest BCUT2D eigenvalue weighted by molar-refractivity contribution is 1.25. The van der Waals surface area contributed by atoms with Crippen molar-refractivity contribution in [3.8, 4) is 10.8 Å². The molecule has 1 rings (SSSR count). The molecule has 1 aromatic rings. The average molecular weight is 221 g/mol. The Hall–Kier alpha value is -1.30. The summed E-state index contributed by atoms with van der Waals surface area (Å²) in [5.41, 5.74) is 7.24. The first kappa shape index (κ1) is 10.8. The monoisotopic (exact) mass is 221 g/mol. The molecule has 0 fully saturated rings. The normalized spacial score (nSPS) is 9.07. The average Bonchev–Trinajstić information content (AvgIpc) is 2.14. The number of nitrogens with two attached hydrogens (primary N) is 1. The van der Waals surface area contributed by atoms with Gasteiger partial charge in [0.05, 0.1) is 0 Å². The van der Waals surface area contributed by atoms with E-state index in [2.05, 4.69) is 0 Å². The topological polar surface area (TPSA) is 73.6 Å². The van der Waals surface area contributed by atoms with Crippen molar-refractivity contribution in [2.75, 3.05) is 5.73 Å². The van der Waals surface area contributed by atoms with E-state index in [-0.39, 0.29) is 0 Å². The fourth-order valence-electron chi connectivity index (χ4n) is 0.988. The third-order valence-corrected chi connectivity index (χ3v) is 3.03. The molecule has 14 heavy (non-hydrogen) atoms. The second-order valence-electron chi connectivity index (χ2n) is 2.54. The highest BCUT2D eigenvalue weighted by Crippen LogP contribution is 2.32. The molecular weight excluding hydrogens is 214 g/mol. The van der Waals surface area contributed by atoms with E-state index in [4.69, 9.17) is 16.3 Å². The Kier molecular flexibility index (Phi) is 3.70. The van der Waals surface area contributed by atoms with Crippen LogP contribution in [0, 0.1) is 28.3 Å². The molecule has 0 aliphatic heterocycles. The summed E-state index contributed by atoms with van der Waals surface area (Å²) in [5, 5.41) is 21.0. The van der Waals surface area contributed by atoms with Gasteiger partial charge in [-0.05, 0) is 48.1 Å². The lowest BCUT2D eigenvalue weighted by atomic mass is 10.2. The number of thiocyanates is 2. The first-order chi connectivity index (χ1) is 6.69. The number of rotatable bonds is 2. The molecule has 0 aromatic heterocycles. The third kappa shape index (κ3) is 2.35. The molecule has 0 saturated heterocycles. The fourth-order valence-corrected chi connectivity index (χ4v) is 2.01. The Morgan fingerprint density at radius 2 is 1.71 bits per heavy atom. The van der Waals surface area contributed by atoms with Gasteiger partial charge in [0, 0.05) is 15.5 Å². The highest BCUT2D eigenvalue weighted by Gasteiger charge is 2.06. The molecule has 0 unspecified atom stereocenters. The van der Waals surface area contributed by atoms with Crippen molar-refractivity contribution in [3.05, 3.63) is 17.7 Å². The first-order valence-electron chi connectivity index (χ1n) is 3.71. The Morgan fingerprint density at radius 3 is 2.29 bits per heavy atom. The zero-order valence-corrected chi connectivity index (χ0v) is 9.08. The van der Waals surface area contributed by atoms with Gasteiger partial charge in [-0.25, -0.2) is 0 Å². The fraction of sp³-hybridized carbons (Fsp3) is 0.111. The maximum Gasteiger partial charge on any atom is 0.138 e. The summed E-state index contributed by atoms with van der Waals surface area (Å²) in [6.45, 7) is 1.89. The summed E-state index contributed by atoms with van der Waals surface area (Å²) in [6.07, 6.45) is 0. The molecular formula is C9H7N3S2. The van der Waals surface area contributed by atoms with Gasteiger partial charge in [0.2, 0.25) is 0 Å². The van der Waals surface area contributed by atoms with Gasteiger partial charge in [-0.1, -0.05) is 0 Å². The number of nitrogens with zero attached hydrogens (tertiary/aromatic N) is 2. The summed E-state index contributed by atoms with van der Waals surface area (Å²) < 4.78 is 0. The number of nitriles is 2. The van der Waals surface area contributed by atoms with Crippen LogP contribution in [0.15, 0.2) is 21.9 Å². The Labute approximate surface area is 90.9 Å². The maximum atomic E-state index is 8.54. The molecule has 0 radical (unpaired) electrons. The van der Waals surface area contributed by atoms with Gasteiger partial charge >= 0.3 is 0 Å². The van der Waals surface area contributed by atoms with Crippen LogP contribution in [0.1, 0.15) is 5.56 Å². The van der Waals surface area contributed by atoms with Gasteiger partial charge in [-0.15, -0.1) is 0 Å². The van der Waals surface area contributed by atoms with Gasteiger partial charge in [0.15, 0.2) is 0 Å². The minimum Gasteiger partial charge on any atom is -0.398 e. The molecule has 0 aliphatic carbocycles. The minimum atomic E-state index is 0.580. The number of aryl methyl sites for hydroxylation is 1. The van der Waals surface area contributed by atoms with Gasteiger partial charge < -0.3 is 5.73 Å². The minimum absolute atomic E-state index is 0.580. The number of anilines is 1. The number of benzene rings is 1. The summed E-state index contributed by atoms with van der Waals surface area (Å²) >= 11 is 2.09. The zero-order valence-electron chi connectivity index (χ0n) is 7.44. The first-order valence-corrected chi connectivity index (χ1v) is 5.34. The Morgan fingerprint density at radius 1 is 1.14 bits per heavy atom. The van der Waals surface area contributed by atoms with E-state index < -0.39 is 0 Å². The van der Waals surface area contributed by atoms with Crippen LogP contribution in [0.4, 0.5) is 5.69 Å². The van der Waals surface area contributed by atoms with Crippen molar-refractivity contribution in [2.45, 2.75) is 16.7 Å². The zero-order chi connectivity index (χ0) is 10.6. The molecule has 0 amide bonds. The molecule has 1 aromatic carbocycles. The highest BCUT2D eigenvalue weighted by molar-refractivity contribution is 8.04. The van der Waals surface area contributed by atoms with Crippen LogP contribution in [0.3, 0.4) is 0 Å². The molecule has 0 bridgehead atoms. The van der Waals surface area contributed by atoms with Crippen LogP contribution in [-0.4, -0.2) is 0 Å². The molecule has 0 spiro atoms. The van der Waals surface area contributed by atoms with Gasteiger partial charge in [0.25, 0.3) is 0 Å². The van der Waals surface area contributed by atoms with Crippen molar-refractivity contribution >= 4 is 29.2 Å². The van der Waals surface area contributed by atoms with Crippen molar-refractivity contribution in [1.82, 2.24) is 0 Å². The molecule has 5 heteroatoms. The van der Waals surface area contributed by atoms with Crippen LogP contribution in [0.2, 0.25) is 0 Å². The molecule has 0 atom stereocenters. The van der Waals surface area contributed by atoms with Crippen LogP contribution in [0.25, 0.3) is 0 Å². The van der Waals surface area contributed by atoms with E-state index in [1.165, 1.54) is 0 Å². The molecule has 0 aliphatic rings. The Balaban J connectivity index is 3.16. The highest BCUT2D eigenvalue weighted by atomic mass is 32.2. The predicted molar refractivity (Wildman–Crippen MR) is 58.5 cm³/mol.